The highest BCUT2D eigenvalue weighted by Gasteiger charge is 2.37. The zero-order valence-corrected chi connectivity index (χ0v) is 15.5. The molecule has 6 heteroatoms. The van der Waals surface area contributed by atoms with Crippen molar-refractivity contribution in [1.29, 1.82) is 0 Å². The van der Waals surface area contributed by atoms with Gasteiger partial charge in [0.15, 0.2) is 5.13 Å². The SMILES string of the molecule is O=C(Nc1nccs1)[C@@H](CC1CCCCC1)N1Cc2ccccc2C1=O. The molecule has 1 aliphatic heterocycles. The van der Waals surface area contributed by atoms with Crippen LogP contribution in [0.1, 0.15) is 54.4 Å². The molecule has 1 aromatic carbocycles. The number of amides is 2. The number of rotatable bonds is 5. The fourth-order valence-electron chi connectivity index (χ4n) is 4.12. The molecule has 26 heavy (non-hydrogen) atoms. The van der Waals surface area contributed by atoms with Gasteiger partial charge in [-0.15, -0.1) is 11.3 Å². The fourth-order valence-corrected chi connectivity index (χ4v) is 4.65. The van der Waals surface area contributed by atoms with Crippen molar-refractivity contribution in [3.05, 3.63) is 47.0 Å². The predicted molar refractivity (Wildman–Crippen MR) is 102 cm³/mol. The van der Waals surface area contributed by atoms with E-state index in [2.05, 4.69) is 10.3 Å². The van der Waals surface area contributed by atoms with Crippen molar-refractivity contribution in [1.82, 2.24) is 9.88 Å². The van der Waals surface area contributed by atoms with Crippen LogP contribution in [0.4, 0.5) is 5.13 Å². The molecular weight excluding hydrogens is 346 g/mol. The summed E-state index contributed by atoms with van der Waals surface area (Å²) in [4.78, 5) is 31.9. The Morgan fingerprint density at radius 3 is 2.81 bits per heavy atom. The molecule has 4 rings (SSSR count). The normalized spacial score (nSPS) is 18.6. The highest BCUT2D eigenvalue weighted by atomic mass is 32.1. The largest absolute Gasteiger partial charge is 0.322 e. The molecule has 0 spiro atoms. The Bertz CT molecular complexity index is 784. The topological polar surface area (TPSA) is 62.3 Å². The number of thiazole rings is 1. The summed E-state index contributed by atoms with van der Waals surface area (Å²) < 4.78 is 0. The van der Waals surface area contributed by atoms with E-state index in [-0.39, 0.29) is 11.8 Å². The lowest BCUT2D eigenvalue weighted by molar-refractivity contribution is -0.121. The lowest BCUT2D eigenvalue weighted by Crippen LogP contribution is -2.45. The molecule has 2 aliphatic rings. The standard InChI is InChI=1S/C20H23N3O2S/c24-18(22-20-21-10-11-26-20)17(12-14-6-2-1-3-7-14)23-13-15-8-4-5-9-16(15)19(23)25/h4-5,8-11,14,17H,1-3,6-7,12-13H2,(H,21,22,24)/t17-/m1/s1. The summed E-state index contributed by atoms with van der Waals surface area (Å²) in [7, 11) is 0. The molecule has 1 aliphatic carbocycles. The summed E-state index contributed by atoms with van der Waals surface area (Å²) >= 11 is 1.40. The highest BCUT2D eigenvalue weighted by Crippen LogP contribution is 2.32. The molecule has 1 fully saturated rings. The van der Waals surface area contributed by atoms with Crippen molar-refractivity contribution in [2.75, 3.05) is 5.32 Å². The number of carbonyl (C=O) groups excluding carboxylic acids is 2. The van der Waals surface area contributed by atoms with Crippen LogP contribution >= 0.6 is 11.3 Å². The summed E-state index contributed by atoms with van der Waals surface area (Å²) in [6.07, 6.45) is 8.43. The third kappa shape index (κ3) is 3.51. The third-order valence-electron chi connectivity index (χ3n) is 5.47. The van der Waals surface area contributed by atoms with E-state index in [4.69, 9.17) is 0 Å². The van der Waals surface area contributed by atoms with Gasteiger partial charge in [0.1, 0.15) is 6.04 Å². The molecule has 1 aromatic heterocycles. The Labute approximate surface area is 157 Å². The second-order valence-corrected chi connectivity index (χ2v) is 8.07. The molecule has 0 unspecified atom stereocenters. The van der Waals surface area contributed by atoms with Gasteiger partial charge in [0, 0.05) is 23.7 Å². The lowest BCUT2D eigenvalue weighted by Gasteiger charge is -2.31. The molecule has 2 heterocycles. The summed E-state index contributed by atoms with van der Waals surface area (Å²) in [6, 6.07) is 7.22. The van der Waals surface area contributed by atoms with Gasteiger partial charge in [-0.1, -0.05) is 50.3 Å². The van der Waals surface area contributed by atoms with Crippen LogP contribution in [-0.4, -0.2) is 27.7 Å². The summed E-state index contributed by atoms with van der Waals surface area (Å²) in [5, 5.41) is 5.34. The number of hydrogen-bond acceptors (Lipinski definition) is 4. The minimum absolute atomic E-state index is 0.0318. The first-order valence-corrected chi connectivity index (χ1v) is 10.2. The Balaban J connectivity index is 1.56. The van der Waals surface area contributed by atoms with Gasteiger partial charge in [0.05, 0.1) is 0 Å². The highest BCUT2D eigenvalue weighted by molar-refractivity contribution is 7.13. The fraction of sp³-hybridized carbons (Fsp3) is 0.450. The molecule has 1 saturated carbocycles. The van der Waals surface area contributed by atoms with E-state index in [1.807, 2.05) is 29.6 Å². The number of nitrogens with zero attached hydrogens (tertiary/aromatic N) is 2. The van der Waals surface area contributed by atoms with Crippen LogP contribution in [0.25, 0.3) is 0 Å². The Hall–Kier alpha value is -2.21. The van der Waals surface area contributed by atoms with Crippen molar-refractivity contribution < 1.29 is 9.59 Å². The lowest BCUT2D eigenvalue weighted by atomic mass is 9.84. The van der Waals surface area contributed by atoms with E-state index in [9.17, 15) is 9.59 Å². The molecule has 1 N–H and O–H groups in total. The average molecular weight is 369 g/mol. The van der Waals surface area contributed by atoms with E-state index < -0.39 is 6.04 Å². The van der Waals surface area contributed by atoms with Crippen molar-refractivity contribution in [2.24, 2.45) is 5.92 Å². The molecule has 0 radical (unpaired) electrons. The zero-order chi connectivity index (χ0) is 17.9. The van der Waals surface area contributed by atoms with Crippen LogP contribution in [0.2, 0.25) is 0 Å². The van der Waals surface area contributed by atoms with Crippen molar-refractivity contribution in [3.8, 4) is 0 Å². The van der Waals surface area contributed by atoms with Gasteiger partial charge < -0.3 is 10.2 Å². The van der Waals surface area contributed by atoms with E-state index in [0.717, 1.165) is 30.4 Å². The second-order valence-electron chi connectivity index (χ2n) is 7.17. The molecular formula is C20H23N3O2S. The number of benzene rings is 1. The van der Waals surface area contributed by atoms with Crippen LogP contribution in [-0.2, 0) is 11.3 Å². The van der Waals surface area contributed by atoms with Crippen LogP contribution in [0.3, 0.4) is 0 Å². The van der Waals surface area contributed by atoms with Crippen LogP contribution in [0.5, 0.6) is 0 Å². The van der Waals surface area contributed by atoms with Crippen molar-refractivity contribution >= 4 is 28.3 Å². The minimum Gasteiger partial charge on any atom is -0.322 e. The van der Waals surface area contributed by atoms with Gasteiger partial charge in [-0.2, -0.15) is 0 Å². The summed E-state index contributed by atoms with van der Waals surface area (Å²) in [5.74, 6) is 0.356. The maximum atomic E-state index is 13.0. The van der Waals surface area contributed by atoms with Crippen molar-refractivity contribution in [3.63, 3.8) is 0 Å². The van der Waals surface area contributed by atoms with E-state index in [1.54, 1.807) is 11.1 Å². The molecule has 0 bridgehead atoms. The van der Waals surface area contributed by atoms with Gasteiger partial charge >= 0.3 is 0 Å². The maximum absolute atomic E-state index is 13.0. The van der Waals surface area contributed by atoms with Gasteiger partial charge in [-0.05, 0) is 24.0 Å². The summed E-state index contributed by atoms with van der Waals surface area (Å²) in [5.41, 5.74) is 1.73. The number of anilines is 1. The van der Waals surface area contributed by atoms with E-state index in [0.29, 0.717) is 17.6 Å². The second kappa shape index (κ2) is 7.58. The molecule has 1 atom stereocenters. The zero-order valence-electron chi connectivity index (χ0n) is 14.7. The monoisotopic (exact) mass is 369 g/mol. The van der Waals surface area contributed by atoms with Gasteiger partial charge in [-0.25, -0.2) is 4.98 Å². The summed E-state index contributed by atoms with van der Waals surface area (Å²) in [6.45, 7) is 0.512. The van der Waals surface area contributed by atoms with Gasteiger partial charge in [0.2, 0.25) is 5.91 Å². The number of fused-ring (bicyclic) bond motifs is 1. The van der Waals surface area contributed by atoms with E-state index >= 15 is 0 Å². The average Bonchev–Trinajstić information content (AvgIpc) is 3.29. The third-order valence-corrected chi connectivity index (χ3v) is 6.16. The number of nitrogens with one attached hydrogen (secondary N) is 1. The Morgan fingerprint density at radius 2 is 2.08 bits per heavy atom. The molecule has 2 aromatic rings. The first-order valence-electron chi connectivity index (χ1n) is 9.31. The quantitative estimate of drug-likeness (QED) is 0.864. The number of aromatic nitrogens is 1. The minimum atomic E-state index is -0.443. The first-order chi connectivity index (χ1) is 12.7. The number of carbonyl (C=O) groups is 2. The maximum Gasteiger partial charge on any atom is 0.255 e. The number of hydrogen-bond donors (Lipinski definition) is 1. The van der Waals surface area contributed by atoms with Crippen molar-refractivity contribution in [2.45, 2.75) is 51.1 Å². The molecule has 5 nitrogen and oxygen atoms in total. The smallest absolute Gasteiger partial charge is 0.255 e. The Morgan fingerprint density at radius 1 is 1.27 bits per heavy atom. The molecule has 0 saturated heterocycles. The van der Waals surface area contributed by atoms with E-state index in [1.165, 1.54) is 30.6 Å². The van der Waals surface area contributed by atoms with Gasteiger partial charge in [0.25, 0.3) is 5.91 Å². The molecule has 136 valence electrons. The van der Waals surface area contributed by atoms with Crippen LogP contribution in [0, 0.1) is 5.92 Å². The van der Waals surface area contributed by atoms with Gasteiger partial charge in [-0.3, -0.25) is 9.59 Å². The molecule has 2 amide bonds. The predicted octanol–water partition coefficient (Wildman–Crippen LogP) is 4.08. The van der Waals surface area contributed by atoms with Crippen LogP contribution < -0.4 is 5.32 Å². The van der Waals surface area contributed by atoms with Crippen LogP contribution in [0.15, 0.2) is 35.8 Å². The Kier molecular flexibility index (Phi) is 5.02. The first kappa shape index (κ1) is 17.2.